The molecule has 4 nitrogen and oxygen atoms in total. The summed E-state index contributed by atoms with van der Waals surface area (Å²) in [6.07, 6.45) is -0.487. The number of carbonyl (C=O) groups excluding carboxylic acids is 1. The van der Waals surface area contributed by atoms with E-state index in [1.807, 2.05) is 0 Å². The first-order chi connectivity index (χ1) is 7.55. The van der Waals surface area contributed by atoms with E-state index in [0.717, 1.165) is 0 Å². The zero-order chi connectivity index (χ0) is 11.8. The lowest BCUT2D eigenvalue weighted by molar-refractivity contribution is 0.173. The number of benzene rings is 1. The van der Waals surface area contributed by atoms with E-state index in [0.29, 0.717) is 5.56 Å². The minimum atomic E-state index is -0.676. The first-order valence-electron chi connectivity index (χ1n) is 4.84. The Balaban J connectivity index is 2.34. The summed E-state index contributed by atoms with van der Waals surface area (Å²) >= 11 is 0. The van der Waals surface area contributed by atoms with Gasteiger partial charge in [-0.3, -0.25) is 0 Å². The smallest absolute Gasteiger partial charge is 0.408 e. The molecule has 0 aromatic heterocycles. The molecule has 2 rings (SSSR count). The fourth-order valence-corrected chi connectivity index (χ4v) is 1.67. The third-order valence-corrected chi connectivity index (χ3v) is 2.66. The number of amides is 1. The Bertz CT molecular complexity index is 435. The molecule has 1 fully saturated rings. The molecule has 1 atom stereocenters. The van der Waals surface area contributed by atoms with Crippen LogP contribution in [0.2, 0.25) is 0 Å². The minimum absolute atomic E-state index is 0.178. The highest BCUT2D eigenvalue weighted by molar-refractivity contribution is 5.71. The molecular weight excluding hydrogens is 213 g/mol. The predicted molar refractivity (Wildman–Crippen MR) is 54.8 cm³/mol. The Morgan fingerprint density at radius 3 is 2.81 bits per heavy atom. The second-order valence-corrected chi connectivity index (χ2v) is 3.88. The van der Waals surface area contributed by atoms with E-state index in [2.05, 4.69) is 5.32 Å². The lowest BCUT2D eigenvalue weighted by Crippen LogP contribution is -2.37. The van der Waals surface area contributed by atoms with Crippen molar-refractivity contribution in [2.75, 3.05) is 13.7 Å². The van der Waals surface area contributed by atoms with Crippen molar-refractivity contribution in [3.05, 3.63) is 29.6 Å². The van der Waals surface area contributed by atoms with Crippen LogP contribution in [0, 0.1) is 5.82 Å². The molecule has 1 aromatic rings. The molecule has 0 bridgehead atoms. The topological polar surface area (TPSA) is 47.6 Å². The van der Waals surface area contributed by atoms with Gasteiger partial charge in [0.15, 0.2) is 11.6 Å². The summed E-state index contributed by atoms with van der Waals surface area (Å²) in [5.74, 6) is -0.278. The summed E-state index contributed by atoms with van der Waals surface area (Å²) in [5.41, 5.74) is -0.0267. The van der Waals surface area contributed by atoms with E-state index in [1.54, 1.807) is 13.0 Å². The van der Waals surface area contributed by atoms with Gasteiger partial charge in [0.1, 0.15) is 6.61 Å². The Kier molecular flexibility index (Phi) is 2.46. The normalized spacial score (nSPS) is 23.8. The second kappa shape index (κ2) is 3.66. The van der Waals surface area contributed by atoms with Crippen molar-refractivity contribution in [1.82, 2.24) is 5.32 Å². The van der Waals surface area contributed by atoms with E-state index in [1.165, 1.54) is 19.2 Å². The number of hydrogen-bond donors (Lipinski definition) is 1. The molecule has 1 aromatic carbocycles. The third kappa shape index (κ3) is 1.68. The Morgan fingerprint density at radius 1 is 1.56 bits per heavy atom. The number of cyclic esters (lactones) is 1. The van der Waals surface area contributed by atoms with Crippen molar-refractivity contribution >= 4 is 6.09 Å². The van der Waals surface area contributed by atoms with E-state index < -0.39 is 17.4 Å². The van der Waals surface area contributed by atoms with Crippen LogP contribution in [0.1, 0.15) is 12.5 Å². The first kappa shape index (κ1) is 10.7. The fourth-order valence-electron chi connectivity index (χ4n) is 1.67. The summed E-state index contributed by atoms with van der Waals surface area (Å²) in [4.78, 5) is 11.0. The molecule has 1 aliphatic heterocycles. The number of ether oxygens (including phenoxy) is 2. The van der Waals surface area contributed by atoms with Crippen LogP contribution in [0.25, 0.3) is 0 Å². The van der Waals surface area contributed by atoms with Crippen LogP contribution in [0.5, 0.6) is 5.75 Å². The van der Waals surface area contributed by atoms with Gasteiger partial charge in [-0.1, -0.05) is 6.07 Å². The molecule has 1 unspecified atom stereocenters. The minimum Gasteiger partial charge on any atom is -0.494 e. The number of halogens is 1. The van der Waals surface area contributed by atoms with E-state index in [4.69, 9.17) is 9.47 Å². The Hall–Kier alpha value is -1.78. The van der Waals surface area contributed by atoms with Crippen molar-refractivity contribution in [1.29, 1.82) is 0 Å². The van der Waals surface area contributed by atoms with Gasteiger partial charge in [-0.15, -0.1) is 0 Å². The summed E-state index contributed by atoms with van der Waals surface area (Å²) in [5, 5.41) is 2.64. The molecule has 0 saturated carbocycles. The summed E-state index contributed by atoms with van der Waals surface area (Å²) in [6.45, 7) is 1.97. The average molecular weight is 225 g/mol. The maximum atomic E-state index is 13.5. The molecule has 0 spiro atoms. The molecule has 86 valence electrons. The largest absolute Gasteiger partial charge is 0.494 e. The molecule has 0 aliphatic carbocycles. The van der Waals surface area contributed by atoms with Gasteiger partial charge in [-0.2, -0.15) is 0 Å². The molecule has 1 N–H and O–H groups in total. The monoisotopic (exact) mass is 225 g/mol. The van der Waals surface area contributed by atoms with Crippen molar-refractivity contribution in [2.45, 2.75) is 12.5 Å². The molecule has 1 heterocycles. The zero-order valence-electron chi connectivity index (χ0n) is 9.04. The van der Waals surface area contributed by atoms with Crippen molar-refractivity contribution in [3.8, 4) is 5.75 Å². The quantitative estimate of drug-likeness (QED) is 0.834. The molecule has 1 aliphatic rings. The van der Waals surface area contributed by atoms with Crippen LogP contribution in [-0.4, -0.2) is 19.8 Å². The molecule has 1 amide bonds. The maximum absolute atomic E-state index is 13.5. The van der Waals surface area contributed by atoms with Crippen LogP contribution in [0.4, 0.5) is 9.18 Å². The van der Waals surface area contributed by atoms with Crippen LogP contribution in [0.15, 0.2) is 18.2 Å². The van der Waals surface area contributed by atoms with Gasteiger partial charge in [0.05, 0.1) is 12.6 Å². The van der Waals surface area contributed by atoms with Crippen molar-refractivity contribution in [2.24, 2.45) is 0 Å². The van der Waals surface area contributed by atoms with Gasteiger partial charge in [0, 0.05) is 0 Å². The zero-order valence-corrected chi connectivity index (χ0v) is 9.04. The van der Waals surface area contributed by atoms with Crippen LogP contribution >= 0.6 is 0 Å². The van der Waals surface area contributed by atoms with Gasteiger partial charge >= 0.3 is 6.09 Å². The molecule has 16 heavy (non-hydrogen) atoms. The van der Waals surface area contributed by atoms with Crippen molar-refractivity contribution < 1.29 is 18.7 Å². The molecule has 1 saturated heterocycles. The van der Waals surface area contributed by atoms with Crippen LogP contribution < -0.4 is 10.1 Å². The average Bonchev–Trinajstić information content (AvgIpc) is 2.60. The predicted octanol–water partition coefficient (Wildman–Crippen LogP) is 1.79. The second-order valence-electron chi connectivity index (χ2n) is 3.88. The number of nitrogens with one attached hydrogen (secondary N) is 1. The number of hydrogen-bond acceptors (Lipinski definition) is 3. The molecular formula is C11H12FNO3. The fraction of sp³-hybridized carbons (Fsp3) is 0.364. The molecule has 5 heteroatoms. The first-order valence-corrected chi connectivity index (χ1v) is 4.84. The number of rotatable bonds is 2. The number of methoxy groups -OCH3 is 1. The summed E-state index contributed by atoms with van der Waals surface area (Å²) in [7, 11) is 1.40. The summed E-state index contributed by atoms with van der Waals surface area (Å²) < 4.78 is 23.1. The van der Waals surface area contributed by atoms with Gasteiger partial charge < -0.3 is 14.8 Å². The van der Waals surface area contributed by atoms with Crippen LogP contribution in [0.3, 0.4) is 0 Å². The lowest BCUT2D eigenvalue weighted by Gasteiger charge is -2.21. The highest BCUT2D eigenvalue weighted by Crippen LogP contribution is 2.28. The highest BCUT2D eigenvalue weighted by atomic mass is 19.1. The van der Waals surface area contributed by atoms with E-state index >= 15 is 0 Å². The van der Waals surface area contributed by atoms with Gasteiger partial charge in [-0.05, 0) is 24.6 Å². The third-order valence-electron chi connectivity index (χ3n) is 2.66. The SMILES string of the molecule is COc1ccc(C2(C)COC(=O)N2)cc1F. The van der Waals surface area contributed by atoms with Gasteiger partial charge in [0.2, 0.25) is 0 Å². The Labute approximate surface area is 92.4 Å². The van der Waals surface area contributed by atoms with Crippen LogP contribution in [-0.2, 0) is 10.3 Å². The van der Waals surface area contributed by atoms with E-state index in [9.17, 15) is 9.18 Å². The number of alkyl carbamates (subject to hydrolysis) is 1. The lowest BCUT2D eigenvalue weighted by atomic mass is 9.93. The standard InChI is InChI=1S/C11H12FNO3/c1-11(6-16-10(14)13-11)7-3-4-9(15-2)8(12)5-7/h3-5H,6H2,1-2H3,(H,13,14). The molecule has 0 radical (unpaired) electrons. The van der Waals surface area contributed by atoms with Crippen molar-refractivity contribution in [3.63, 3.8) is 0 Å². The summed E-state index contributed by atoms with van der Waals surface area (Å²) in [6, 6.07) is 4.57. The highest BCUT2D eigenvalue weighted by Gasteiger charge is 2.36. The van der Waals surface area contributed by atoms with Gasteiger partial charge in [-0.25, -0.2) is 9.18 Å². The maximum Gasteiger partial charge on any atom is 0.408 e. The Morgan fingerprint density at radius 2 is 2.31 bits per heavy atom. The van der Waals surface area contributed by atoms with Gasteiger partial charge in [0.25, 0.3) is 0 Å². The van der Waals surface area contributed by atoms with E-state index in [-0.39, 0.29) is 12.4 Å². The number of carbonyl (C=O) groups is 1.